The lowest BCUT2D eigenvalue weighted by Gasteiger charge is -2.18. The number of carbonyl (C=O) groups is 1. The van der Waals surface area contributed by atoms with Crippen molar-refractivity contribution in [1.29, 1.82) is 0 Å². The molecule has 0 aliphatic carbocycles. The topological polar surface area (TPSA) is 49.3 Å². The third-order valence-corrected chi connectivity index (χ3v) is 3.08. The number of hydrogen-bond donors (Lipinski definition) is 2. The van der Waals surface area contributed by atoms with Gasteiger partial charge in [-0.1, -0.05) is 36.4 Å². The molecule has 2 rings (SSSR count). The second-order valence-electron chi connectivity index (χ2n) is 4.64. The first-order chi connectivity index (χ1) is 9.08. The van der Waals surface area contributed by atoms with Crippen molar-refractivity contribution in [3.05, 3.63) is 65.2 Å². The third-order valence-electron chi connectivity index (χ3n) is 3.08. The Bertz CT molecular complexity index is 593. The minimum Gasteiger partial charge on any atom is -0.479 e. The van der Waals surface area contributed by atoms with Crippen LogP contribution >= 0.6 is 0 Å². The minimum absolute atomic E-state index is 0.733. The molecule has 1 unspecified atom stereocenters. The average molecular weight is 255 g/mol. The van der Waals surface area contributed by atoms with Gasteiger partial charge in [-0.15, -0.1) is 0 Å². The molecule has 0 radical (unpaired) electrons. The molecule has 2 aromatic carbocycles. The molecule has 0 saturated carbocycles. The number of aliphatic carboxylic acids is 1. The second kappa shape index (κ2) is 5.57. The Labute approximate surface area is 112 Å². The lowest BCUT2D eigenvalue weighted by atomic mass is 10.0. The predicted octanol–water partition coefficient (Wildman–Crippen LogP) is 3.54. The monoisotopic (exact) mass is 255 g/mol. The third kappa shape index (κ3) is 3.13. The molecule has 3 nitrogen and oxygen atoms in total. The molecule has 0 amide bonds. The van der Waals surface area contributed by atoms with Crippen LogP contribution in [-0.2, 0) is 4.79 Å². The molecule has 98 valence electrons. The average Bonchev–Trinajstić information content (AvgIpc) is 2.37. The summed E-state index contributed by atoms with van der Waals surface area (Å²) < 4.78 is 0. The van der Waals surface area contributed by atoms with Crippen LogP contribution in [0.15, 0.2) is 48.5 Å². The summed E-state index contributed by atoms with van der Waals surface area (Å²) in [6, 6.07) is 14.5. The summed E-state index contributed by atoms with van der Waals surface area (Å²) in [5, 5.41) is 12.5. The normalized spacial score (nSPS) is 11.9. The maximum Gasteiger partial charge on any atom is 0.330 e. The molecule has 2 N–H and O–H groups in total. The number of benzene rings is 2. The van der Waals surface area contributed by atoms with Gasteiger partial charge in [-0.25, -0.2) is 4.79 Å². The van der Waals surface area contributed by atoms with Gasteiger partial charge in [-0.05, 0) is 42.7 Å². The van der Waals surface area contributed by atoms with Gasteiger partial charge in [0.2, 0.25) is 0 Å². The van der Waals surface area contributed by atoms with E-state index in [-0.39, 0.29) is 0 Å². The van der Waals surface area contributed by atoms with E-state index in [4.69, 9.17) is 0 Å². The summed E-state index contributed by atoms with van der Waals surface area (Å²) in [6.07, 6.45) is 0. The Morgan fingerprint density at radius 1 is 1.11 bits per heavy atom. The van der Waals surface area contributed by atoms with E-state index < -0.39 is 12.0 Å². The van der Waals surface area contributed by atoms with E-state index in [1.807, 2.05) is 62.4 Å². The zero-order valence-electron chi connectivity index (χ0n) is 11.1. The SMILES string of the molecule is Cc1cccc(NC(C(=O)O)c2ccccc2C)c1. The molecule has 3 heteroatoms. The van der Waals surface area contributed by atoms with Gasteiger partial charge in [0.05, 0.1) is 0 Å². The predicted molar refractivity (Wildman–Crippen MR) is 76.4 cm³/mol. The Balaban J connectivity index is 2.32. The van der Waals surface area contributed by atoms with Crippen molar-refractivity contribution in [3.8, 4) is 0 Å². The minimum atomic E-state index is -0.879. The smallest absolute Gasteiger partial charge is 0.330 e. The highest BCUT2D eigenvalue weighted by atomic mass is 16.4. The molecule has 0 spiro atoms. The number of hydrogen-bond acceptors (Lipinski definition) is 2. The largest absolute Gasteiger partial charge is 0.479 e. The van der Waals surface area contributed by atoms with E-state index >= 15 is 0 Å². The van der Waals surface area contributed by atoms with Crippen molar-refractivity contribution in [2.45, 2.75) is 19.9 Å². The summed E-state index contributed by atoms with van der Waals surface area (Å²) in [6.45, 7) is 3.90. The van der Waals surface area contributed by atoms with E-state index in [9.17, 15) is 9.90 Å². The molecule has 0 saturated heterocycles. The van der Waals surface area contributed by atoms with Crippen LogP contribution in [0, 0.1) is 13.8 Å². The highest BCUT2D eigenvalue weighted by Gasteiger charge is 2.20. The van der Waals surface area contributed by atoms with Crippen molar-refractivity contribution in [2.75, 3.05) is 5.32 Å². The molecule has 2 aromatic rings. The number of anilines is 1. The molecule has 0 fully saturated rings. The van der Waals surface area contributed by atoms with Crippen molar-refractivity contribution >= 4 is 11.7 Å². The van der Waals surface area contributed by atoms with Crippen LogP contribution in [0.5, 0.6) is 0 Å². The van der Waals surface area contributed by atoms with E-state index in [1.54, 1.807) is 0 Å². The van der Waals surface area contributed by atoms with E-state index in [2.05, 4.69) is 5.32 Å². The summed E-state index contributed by atoms with van der Waals surface area (Å²) in [7, 11) is 0. The van der Waals surface area contributed by atoms with E-state index in [0.717, 1.165) is 22.4 Å². The Hall–Kier alpha value is -2.29. The fourth-order valence-corrected chi connectivity index (χ4v) is 2.08. The number of aryl methyl sites for hydroxylation is 2. The molecule has 1 atom stereocenters. The maximum absolute atomic E-state index is 11.5. The Kier molecular flexibility index (Phi) is 3.85. The molecule has 0 aliphatic heterocycles. The van der Waals surface area contributed by atoms with Crippen molar-refractivity contribution in [2.24, 2.45) is 0 Å². The van der Waals surface area contributed by atoms with Gasteiger partial charge in [0.25, 0.3) is 0 Å². The number of nitrogens with one attached hydrogen (secondary N) is 1. The van der Waals surface area contributed by atoms with Gasteiger partial charge in [0.15, 0.2) is 6.04 Å². The van der Waals surface area contributed by atoms with Crippen LogP contribution in [0.4, 0.5) is 5.69 Å². The number of carboxylic acids is 1. The van der Waals surface area contributed by atoms with Crippen LogP contribution < -0.4 is 5.32 Å². The summed E-state index contributed by atoms with van der Waals surface area (Å²) in [5.41, 5.74) is 3.67. The molecule has 0 aromatic heterocycles. The summed E-state index contributed by atoms with van der Waals surface area (Å²) in [4.78, 5) is 11.5. The lowest BCUT2D eigenvalue weighted by Crippen LogP contribution is -2.21. The quantitative estimate of drug-likeness (QED) is 0.878. The first kappa shape index (κ1) is 13.1. The summed E-state index contributed by atoms with van der Waals surface area (Å²) in [5.74, 6) is -0.879. The Morgan fingerprint density at radius 3 is 2.47 bits per heavy atom. The summed E-state index contributed by atoms with van der Waals surface area (Å²) >= 11 is 0. The molecule has 0 aliphatic rings. The highest BCUT2D eigenvalue weighted by Crippen LogP contribution is 2.23. The molecule has 0 bridgehead atoms. The van der Waals surface area contributed by atoms with Crippen LogP contribution in [-0.4, -0.2) is 11.1 Å². The zero-order valence-corrected chi connectivity index (χ0v) is 11.1. The van der Waals surface area contributed by atoms with E-state index in [0.29, 0.717) is 0 Å². The Morgan fingerprint density at radius 2 is 1.84 bits per heavy atom. The van der Waals surface area contributed by atoms with Crippen molar-refractivity contribution in [1.82, 2.24) is 0 Å². The lowest BCUT2D eigenvalue weighted by molar-refractivity contribution is -0.138. The van der Waals surface area contributed by atoms with E-state index in [1.165, 1.54) is 0 Å². The van der Waals surface area contributed by atoms with Crippen LogP contribution in [0.3, 0.4) is 0 Å². The van der Waals surface area contributed by atoms with Crippen LogP contribution in [0.2, 0.25) is 0 Å². The highest BCUT2D eigenvalue weighted by molar-refractivity contribution is 5.79. The number of carboxylic acid groups (broad SMARTS) is 1. The van der Waals surface area contributed by atoms with Gasteiger partial charge in [0, 0.05) is 5.69 Å². The van der Waals surface area contributed by atoms with Crippen molar-refractivity contribution < 1.29 is 9.90 Å². The molecular weight excluding hydrogens is 238 g/mol. The fourth-order valence-electron chi connectivity index (χ4n) is 2.08. The van der Waals surface area contributed by atoms with Gasteiger partial charge in [-0.3, -0.25) is 0 Å². The molecular formula is C16H17NO2. The van der Waals surface area contributed by atoms with Crippen LogP contribution in [0.1, 0.15) is 22.7 Å². The van der Waals surface area contributed by atoms with Gasteiger partial charge >= 0.3 is 5.97 Å². The van der Waals surface area contributed by atoms with Gasteiger partial charge in [-0.2, -0.15) is 0 Å². The second-order valence-corrected chi connectivity index (χ2v) is 4.64. The fraction of sp³-hybridized carbons (Fsp3) is 0.188. The van der Waals surface area contributed by atoms with Gasteiger partial charge in [0.1, 0.15) is 0 Å². The van der Waals surface area contributed by atoms with Crippen molar-refractivity contribution in [3.63, 3.8) is 0 Å². The van der Waals surface area contributed by atoms with Crippen LogP contribution in [0.25, 0.3) is 0 Å². The molecule has 19 heavy (non-hydrogen) atoms. The molecule has 0 heterocycles. The number of rotatable bonds is 4. The first-order valence-electron chi connectivity index (χ1n) is 6.19. The maximum atomic E-state index is 11.5. The van der Waals surface area contributed by atoms with Gasteiger partial charge < -0.3 is 10.4 Å². The first-order valence-corrected chi connectivity index (χ1v) is 6.19. The standard InChI is InChI=1S/C16H17NO2/c1-11-6-5-8-13(10-11)17-15(16(18)19)14-9-4-3-7-12(14)2/h3-10,15,17H,1-2H3,(H,18,19). The zero-order chi connectivity index (χ0) is 13.8.